The van der Waals surface area contributed by atoms with Crippen LogP contribution in [-0.2, 0) is 20.7 Å². The lowest BCUT2D eigenvalue weighted by atomic mass is 10.2. The summed E-state index contributed by atoms with van der Waals surface area (Å²) < 4.78 is 10.7. The summed E-state index contributed by atoms with van der Waals surface area (Å²) in [5.74, 6) is -0.0270. The zero-order chi connectivity index (χ0) is 20.9. The Bertz CT molecular complexity index is 811. The summed E-state index contributed by atoms with van der Waals surface area (Å²) >= 11 is 5.15. The van der Waals surface area contributed by atoms with Crippen LogP contribution in [0.25, 0.3) is 0 Å². The minimum absolute atomic E-state index is 0.00355. The molecule has 0 unspecified atom stereocenters. The molecule has 0 bridgehead atoms. The molecule has 0 aliphatic carbocycles. The van der Waals surface area contributed by atoms with Gasteiger partial charge in [0.15, 0.2) is 5.11 Å². The van der Waals surface area contributed by atoms with E-state index >= 15 is 0 Å². The molecule has 2 N–H and O–H groups in total. The highest BCUT2D eigenvalue weighted by molar-refractivity contribution is 7.80. The standard InChI is InChI=1S/C22H26N2O4S/c1-2-14-27-19-10-6-9-18(16-19)23-22(29)24-20(25)11-12-21(26)28-15-13-17-7-4-3-5-8-17/h3-10,16H,2,11-15H2,1H3,(H2,23,24,25,29). The third kappa shape index (κ3) is 9.21. The van der Waals surface area contributed by atoms with Gasteiger partial charge >= 0.3 is 5.97 Å². The zero-order valence-corrected chi connectivity index (χ0v) is 17.3. The highest BCUT2D eigenvalue weighted by Gasteiger charge is 2.10. The first-order valence-corrected chi connectivity index (χ1v) is 10.0. The summed E-state index contributed by atoms with van der Waals surface area (Å²) in [4.78, 5) is 23.8. The molecule has 154 valence electrons. The summed E-state index contributed by atoms with van der Waals surface area (Å²) in [5, 5.41) is 5.66. The van der Waals surface area contributed by atoms with Gasteiger partial charge in [-0.2, -0.15) is 0 Å². The number of anilines is 1. The van der Waals surface area contributed by atoms with Gasteiger partial charge in [0.25, 0.3) is 0 Å². The second-order valence-corrected chi connectivity index (χ2v) is 6.74. The summed E-state index contributed by atoms with van der Waals surface area (Å²) in [5.41, 5.74) is 1.81. The normalized spacial score (nSPS) is 10.1. The summed E-state index contributed by atoms with van der Waals surface area (Å²) in [6, 6.07) is 17.1. The van der Waals surface area contributed by atoms with Gasteiger partial charge in [-0.25, -0.2) is 0 Å². The number of amides is 1. The lowest BCUT2D eigenvalue weighted by Crippen LogP contribution is -2.34. The first-order valence-electron chi connectivity index (χ1n) is 9.60. The lowest BCUT2D eigenvalue weighted by Gasteiger charge is -2.11. The molecule has 0 fully saturated rings. The molecule has 0 atom stereocenters. The van der Waals surface area contributed by atoms with E-state index in [1.54, 1.807) is 6.07 Å². The number of thiocarbonyl (C=S) groups is 1. The molecule has 0 aromatic heterocycles. The van der Waals surface area contributed by atoms with Crippen molar-refractivity contribution in [2.45, 2.75) is 32.6 Å². The van der Waals surface area contributed by atoms with E-state index in [4.69, 9.17) is 21.7 Å². The van der Waals surface area contributed by atoms with E-state index in [1.807, 2.05) is 55.5 Å². The van der Waals surface area contributed by atoms with Gasteiger partial charge in [-0.05, 0) is 36.3 Å². The smallest absolute Gasteiger partial charge is 0.306 e. The van der Waals surface area contributed by atoms with Crippen molar-refractivity contribution in [1.29, 1.82) is 0 Å². The number of ether oxygens (including phenoxy) is 2. The van der Waals surface area contributed by atoms with Crippen LogP contribution < -0.4 is 15.4 Å². The Morgan fingerprint density at radius 3 is 2.55 bits per heavy atom. The molecular weight excluding hydrogens is 388 g/mol. The molecule has 0 spiro atoms. The third-order valence-electron chi connectivity index (χ3n) is 3.87. The maximum atomic E-state index is 12.0. The van der Waals surface area contributed by atoms with Crippen LogP contribution in [0.1, 0.15) is 31.7 Å². The Labute approximate surface area is 176 Å². The Kier molecular flexibility index (Phi) is 9.65. The Hall–Kier alpha value is -2.93. The van der Waals surface area contributed by atoms with Crippen molar-refractivity contribution in [3.63, 3.8) is 0 Å². The minimum atomic E-state index is -0.407. The number of hydrogen-bond donors (Lipinski definition) is 2. The second-order valence-electron chi connectivity index (χ2n) is 6.33. The van der Waals surface area contributed by atoms with Gasteiger partial charge < -0.3 is 20.1 Å². The van der Waals surface area contributed by atoms with E-state index in [0.717, 1.165) is 17.7 Å². The van der Waals surface area contributed by atoms with Crippen molar-refractivity contribution in [3.05, 3.63) is 60.2 Å². The molecular formula is C22H26N2O4S. The van der Waals surface area contributed by atoms with E-state index < -0.39 is 5.97 Å². The second kappa shape index (κ2) is 12.5. The fourth-order valence-corrected chi connectivity index (χ4v) is 2.68. The highest BCUT2D eigenvalue weighted by atomic mass is 32.1. The number of rotatable bonds is 10. The van der Waals surface area contributed by atoms with Gasteiger partial charge in [0.2, 0.25) is 5.91 Å². The molecule has 2 rings (SSSR count). The van der Waals surface area contributed by atoms with Crippen molar-refractivity contribution >= 4 is 34.9 Å². The minimum Gasteiger partial charge on any atom is -0.494 e. The molecule has 1 amide bonds. The third-order valence-corrected chi connectivity index (χ3v) is 4.07. The van der Waals surface area contributed by atoms with Gasteiger partial charge in [-0.15, -0.1) is 0 Å². The molecule has 0 saturated carbocycles. The van der Waals surface area contributed by atoms with Crippen LogP contribution in [0.2, 0.25) is 0 Å². The van der Waals surface area contributed by atoms with Crippen LogP contribution in [-0.4, -0.2) is 30.2 Å². The molecule has 0 radical (unpaired) electrons. The fraction of sp³-hybridized carbons (Fsp3) is 0.318. The summed E-state index contributed by atoms with van der Waals surface area (Å²) in [7, 11) is 0. The first-order chi connectivity index (χ1) is 14.1. The molecule has 29 heavy (non-hydrogen) atoms. The monoisotopic (exact) mass is 414 g/mol. The zero-order valence-electron chi connectivity index (χ0n) is 16.5. The quantitative estimate of drug-likeness (QED) is 0.454. The van der Waals surface area contributed by atoms with E-state index in [1.165, 1.54) is 0 Å². The average Bonchev–Trinajstić information content (AvgIpc) is 2.71. The van der Waals surface area contributed by atoms with Crippen molar-refractivity contribution in [1.82, 2.24) is 5.32 Å². The topological polar surface area (TPSA) is 76.7 Å². The number of benzene rings is 2. The van der Waals surface area contributed by atoms with Crippen molar-refractivity contribution in [3.8, 4) is 5.75 Å². The Balaban J connectivity index is 1.65. The molecule has 2 aromatic carbocycles. The largest absolute Gasteiger partial charge is 0.494 e. The maximum Gasteiger partial charge on any atom is 0.306 e. The van der Waals surface area contributed by atoms with E-state index in [9.17, 15) is 9.59 Å². The van der Waals surface area contributed by atoms with Crippen molar-refractivity contribution in [2.75, 3.05) is 18.5 Å². The predicted octanol–water partition coefficient (Wildman–Crippen LogP) is 3.85. The number of carbonyl (C=O) groups is 2. The number of hydrogen-bond acceptors (Lipinski definition) is 5. The Morgan fingerprint density at radius 2 is 1.79 bits per heavy atom. The van der Waals surface area contributed by atoms with Gasteiger partial charge in [0.1, 0.15) is 5.75 Å². The van der Waals surface area contributed by atoms with Crippen LogP contribution in [0.4, 0.5) is 5.69 Å². The predicted molar refractivity (Wildman–Crippen MR) is 117 cm³/mol. The van der Waals surface area contributed by atoms with E-state index in [0.29, 0.717) is 25.3 Å². The van der Waals surface area contributed by atoms with Crippen LogP contribution >= 0.6 is 12.2 Å². The number of carbonyl (C=O) groups excluding carboxylic acids is 2. The van der Waals surface area contributed by atoms with Crippen molar-refractivity contribution < 1.29 is 19.1 Å². The number of nitrogens with one attached hydrogen (secondary N) is 2. The van der Waals surface area contributed by atoms with Gasteiger partial charge in [0.05, 0.1) is 19.6 Å². The van der Waals surface area contributed by atoms with Gasteiger partial charge in [0, 0.05) is 24.6 Å². The van der Waals surface area contributed by atoms with Crippen molar-refractivity contribution in [2.24, 2.45) is 0 Å². The first kappa shape index (κ1) is 22.4. The molecule has 6 nitrogen and oxygen atoms in total. The van der Waals surface area contributed by atoms with Crippen LogP contribution in [0, 0.1) is 0 Å². The summed E-state index contributed by atoms with van der Waals surface area (Å²) in [6.45, 7) is 2.96. The van der Waals surface area contributed by atoms with E-state index in [-0.39, 0.29) is 23.9 Å². The van der Waals surface area contributed by atoms with Crippen LogP contribution in [0.5, 0.6) is 5.75 Å². The average molecular weight is 415 g/mol. The van der Waals surface area contributed by atoms with Gasteiger partial charge in [-0.3, -0.25) is 9.59 Å². The SMILES string of the molecule is CCCOc1cccc(NC(=S)NC(=O)CCC(=O)OCCc2ccccc2)c1. The number of esters is 1. The molecule has 0 aliphatic rings. The molecule has 2 aromatic rings. The van der Waals surface area contributed by atoms with E-state index in [2.05, 4.69) is 10.6 Å². The van der Waals surface area contributed by atoms with Crippen LogP contribution in [0.15, 0.2) is 54.6 Å². The molecule has 0 heterocycles. The lowest BCUT2D eigenvalue weighted by molar-refractivity contribution is -0.144. The Morgan fingerprint density at radius 1 is 1.00 bits per heavy atom. The van der Waals surface area contributed by atoms with Gasteiger partial charge in [-0.1, -0.05) is 43.3 Å². The maximum absolute atomic E-state index is 12.0. The molecule has 0 aliphatic heterocycles. The van der Waals surface area contributed by atoms with Crippen LogP contribution in [0.3, 0.4) is 0 Å². The fourth-order valence-electron chi connectivity index (χ4n) is 2.45. The summed E-state index contributed by atoms with van der Waals surface area (Å²) in [6.07, 6.45) is 1.57. The molecule has 0 saturated heterocycles. The highest BCUT2D eigenvalue weighted by Crippen LogP contribution is 2.17. The molecule has 7 heteroatoms.